The molecule has 4 heteroatoms. The van der Waals surface area contributed by atoms with Crippen LogP contribution in [0, 0.1) is 11.8 Å². The Morgan fingerprint density at radius 2 is 1.79 bits per heavy atom. The van der Waals surface area contributed by atoms with Gasteiger partial charge < -0.3 is 15.5 Å². The van der Waals surface area contributed by atoms with Crippen LogP contribution in [0.15, 0.2) is 0 Å². The Balaban J connectivity index is 1.94. The molecule has 2 rings (SSSR count). The van der Waals surface area contributed by atoms with Gasteiger partial charge in [-0.3, -0.25) is 0 Å². The number of hydrogen-bond acceptors (Lipinski definition) is 2. The van der Waals surface area contributed by atoms with Crippen molar-refractivity contribution in [1.29, 1.82) is 0 Å². The van der Waals surface area contributed by atoms with Crippen LogP contribution in [0.1, 0.15) is 12.8 Å². The zero-order valence-electron chi connectivity index (χ0n) is 8.94. The first kappa shape index (κ1) is 9.77. The summed E-state index contributed by atoms with van der Waals surface area (Å²) in [6, 6.07) is 0.523. The average Bonchev–Trinajstić information content (AvgIpc) is 2.59. The van der Waals surface area contributed by atoms with E-state index < -0.39 is 0 Å². The second-order valence-electron chi connectivity index (χ2n) is 4.83. The molecule has 0 unspecified atom stereocenters. The SMILES string of the molecule is CN(C)C(=O)N1C[C@H]2C[C@H](N)C[C@H]2C1. The fourth-order valence-corrected chi connectivity index (χ4v) is 2.79. The molecule has 1 heterocycles. The topological polar surface area (TPSA) is 49.6 Å². The molecule has 0 bridgehead atoms. The Hall–Kier alpha value is -0.770. The van der Waals surface area contributed by atoms with Crippen molar-refractivity contribution in [2.75, 3.05) is 27.2 Å². The molecule has 0 aromatic heterocycles. The van der Waals surface area contributed by atoms with Crippen LogP contribution in [-0.4, -0.2) is 49.1 Å². The fraction of sp³-hybridized carbons (Fsp3) is 0.900. The Bertz CT molecular complexity index is 228. The highest BCUT2D eigenvalue weighted by Gasteiger charge is 2.41. The van der Waals surface area contributed by atoms with Crippen LogP contribution in [0.3, 0.4) is 0 Å². The third-order valence-electron chi connectivity index (χ3n) is 3.44. The van der Waals surface area contributed by atoms with Gasteiger partial charge in [-0.1, -0.05) is 0 Å². The molecule has 1 saturated carbocycles. The van der Waals surface area contributed by atoms with Crippen molar-refractivity contribution < 1.29 is 4.79 Å². The fourth-order valence-electron chi connectivity index (χ4n) is 2.79. The first-order chi connectivity index (χ1) is 6.58. The van der Waals surface area contributed by atoms with Crippen LogP contribution >= 0.6 is 0 Å². The van der Waals surface area contributed by atoms with E-state index in [9.17, 15) is 4.79 Å². The van der Waals surface area contributed by atoms with Gasteiger partial charge >= 0.3 is 6.03 Å². The maximum Gasteiger partial charge on any atom is 0.319 e. The molecule has 2 aliphatic rings. The summed E-state index contributed by atoms with van der Waals surface area (Å²) >= 11 is 0. The number of likely N-dealkylation sites (tertiary alicyclic amines) is 1. The predicted octanol–water partition coefficient (Wildman–Crippen LogP) is 0.337. The zero-order chi connectivity index (χ0) is 10.3. The number of nitrogens with zero attached hydrogens (tertiary/aromatic N) is 2. The van der Waals surface area contributed by atoms with E-state index >= 15 is 0 Å². The molecular formula is C10H19N3O. The van der Waals surface area contributed by atoms with Crippen molar-refractivity contribution in [2.45, 2.75) is 18.9 Å². The van der Waals surface area contributed by atoms with Gasteiger partial charge in [0.1, 0.15) is 0 Å². The van der Waals surface area contributed by atoms with E-state index in [1.165, 1.54) is 0 Å². The van der Waals surface area contributed by atoms with Gasteiger partial charge in [0.25, 0.3) is 0 Å². The summed E-state index contributed by atoms with van der Waals surface area (Å²) in [6.07, 6.45) is 2.20. The number of urea groups is 1. The number of carbonyl (C=O) groups is 1. The third-order valence-corrected chi connectivity index (χ3v) is 3.44. The largest absolute Gasteiger partial charge is 0.331 e. The summed E-state index contributed by atoms with van der Waals surface area (Å²) in [5, 5.41) is 0. The smallest absolute Gasteiger partial charge is 0.319 e. The lowest BCUT2D eigenvalue weighted by atomic mass is 10.0. The summed E-state index contributed by atoms with van der Waals surface area (Å²) in [5.41, 5.74) is 5.89. The second-order valence-corrected chi connectivity index (χ2v) is 4.83. The van der Waals surface area contributed by atoms with Crippen LogP contribution in [0.2, 0.25) is 0 Å². The zero-order valence-corrected chi connectivity index (χ0v) is 8.94. The second kappa shape index (κ2) is 3.42. The molecule has 3 atom stereocenters. The van der Waals surface area contributed by atoms with E-state index in [4.69, 9.17) is 5.73 Å². The monoisotopic (exact) mass is 197 g/mol. The van der Waals surface area contributed by atoms with E-state index in [0.717, 1.165) is 25.9 Å². The predicted molar refractivity (Wildman–Crippen MR) is 54.8 cm³/mol. The third kappa shape index (κ3) is 1.59. The van der Waals surface area contributed by atoms with Gasteiger partial charge in [0.2, 0.25) is 0 Å². The highest BCUT2D eigenvalue weighted by Crippen LogP contribution is 2.37. The van der Waals surface area contributed by atoms with Gasteiger partial charge in [-0.15, -0.1) is 0 Å². The van der Waals surface area contributed by atoms with Crippen molar-refractivity contribution in [3.05, 3.63) is 0 Å². The number of carbonyl (C=O) groups excluding carboxylic acids is 1. The van der Waals surface area contributed by atoms with Gasteiger partial charge in [-0.2, -0.15) is 0 Å². The molecule has 1 aliphatic heterocycles. The quantitative estimate of drug-likeness (QED) is 0.608. The first-order valence-electron chi connectivity index (χ1n) is 5.29. The van der Waals surface area contributed by atoms with Gasteiger partial charge in [-0.25, -0.2) is 4.79 Å². The molecular weight excluding hydrogens is 178 g/mol. The van der Waals surface area contributed by atoms with Crippen molar-refractivity contribution in [3.63, 3.8) is 0 Å². The number of fused-ring (bicyclic) bond motifs is 1. The molecule has 1 aliphatic carbocycles. The molecule has 0 aromatic rings. The number of hydrogen-bond donors (Lipinski definition) is 1. The molecule has 80 valence electrons. The maximum absolute atomic E-state index is 11.7. The van der Waals surface area contributed by atoms with Crippen LogP contribution in [0.4, 0.5) is 4.79 Å². The molecule has 14 heavy (non-hydrogen) atoms. The van der Waals surface area contributed by atoms with Gasteiger partial charge in [0.05, 0.1) is 0 Å². The van der Waals surface area contributed by atoms with E-state index in [2.05, 4.69) is 0 Å². The molecule has 1 saturated heterocycles. The lowest BCUT2D eigenvalue weighted by Crippen LogP contribution is -2.38. The van der Waals surface area contributed by atoms with Crippen LogP contribution in [0.25, 0.3) is 0 Å². The molecule has 0 aromatic carbocycles. The lowest BCUT2D eigenvalue weighted by Gasteiger charge is -2.22. The molecule has 2 fully saturated rings. The minimum Gasteiger partial charge on any atom is -0.331 e. The number of nitrogens with two attached hydrogens (primary N) is 1. The van der Waals surface area contributed by atoms with Crippen LogP contribution in [0.5, 0.6) is 0 Å². The minimum absolute atomic E-state index is 0.146. The standard InChI is InChI=1S/C10H19N3O/c1-12(2)10(14)13-5-7-3-9(11)4-8(7)6-13/h7-9H,3-6,11H2,1-2H3/t7-,8+,9+. The van der Waals surface area contributed by atoms with E-state index in [-0.39, 0.29) is 6.03 Å². The number of rotatable bonds is 0. The summed E-state index contributed by atoms with van der Waals surface area (Å²) in [5.74, 6) is 1.32. The first-order valence-corrected chi connectivity index (χ1v) is 5.29. The average molecular weight is 197 g/mol. The Kier molecular flexibility index (Phi) is 2.39. The minimum atomic E-state index is 0.146. The molecule has 2 N–H and O–H groups in total. The van der Waals surface area contributed by atoms with E-state index in [0.29, 0.717) is 17.9 Å². The molecule has 0 spiro atoms. The highest BCUT2D eigenvalue weighted by molar-refractivity contribution is 5.74. The summed E-state index contributed by atoms with van der Waals surface area (Å²) in [7, 11) is 3.62. The van der Waals surface area contributed by atoms with Crippen LogP contribution in [-0.2, 0) is 0 Å². The normalized spacial score (nSPS) is 35.9. The molecule has 4 nitrogen and oxygen atoms in total. The highest BCUT2D eigenvalue weighted by atomic mass is 16.2. The Morgan fingerprint density at radius 3 is 2.21 bits per heavy atom. The van der Waals surface area contributed by atoms with Crippen molar-refractivity contribution >= 4 is 6.03 Å². The Morgan fingerprint density at radius 1 is 1.29 bits per heavy atom. The summed E-state index contributed by atoms with van der Waals surface area (Å²) in [4.78, 5) is 15.3. The van der Waals surface area contributed by atoms with Gasteiger partial charge in [0.15, 0.2) is 0 Å². The number of amides is 2. The maximum atomic E-state index is 11.7. The van der Waals surface area contributed by atoms with Crippen molar-refractivity contribution in [2.24, 2.45) is 17.6 Å². The van der Waals surface area contributed by atoms with Crippen molar-refractivity contribution in [3.8, 4) is 0 Å². The van der Waals surface area contributed by atoms with Gasteiger partial charge in [-0.05, 0) is 24.7 Å². The van der Waals surface area contributed by atoms with Gasteiger partial charge in [0, 0.05) is 33.2 Å². The Labute approximate surface area is 85.0 Å². The van der Waals surface area contributed by atoms with E-state index in [1.807, 2.05) is 19.0 Å². The molecule has 2 amide bonds. The van der Waals surface area contributed by atoms with Crippen LogP contribution < -0.4 is 5.73 Å². The van der Waals surface area contributed by atoms with E-state index in [1.54, 1.807) is 4.90 Å². The lowest BCUT2D eigenvalue weighted by molar-refractivity contribution is 0.178. The molecule has 0 radical (unpaired) electrons. The summed E-state index contributed by atoms with van der Waals surface area (Å²) in [6.45, 7) is 1.82. The van der Waals surface area contributed by atoms with Crippen molar-refractivity contribution in [1.82, 2.24) is 9.80 Å². The summed E-state index contributed by atoms with van der Waals surface area (Å²) < 4.78 is 0.